The summed E-state index contributed by atoms with van der Waals surface area (Å²) in [5.74, 6) is -0.350. The van der Waals surface area contributed by atoms with Gasteiger partial charge >= 0.3 is 5.97 Å². The van der Waals surface area contributed by atoms with Crippen molar-refractivity contribution >= 4 is 23.2 Å². The third kappa shape index (κ3) is 5.49. The lowest BCUT2D eigenvalue weighted by Crippen LogP contribution is -2.26. The number of nitrogens with one attached hydrogen (secondary N) is 1. The Kier molecular flexibility index (Phi) is 6.29. The normalized spacial score (nSPS) is 10.3. The van der Waals surface area contributed by atoms with Crippen LogP contribution in [0, 0.1) is 6.92 Å². The van der Waals surface area contributed by atoms with E-state index in [1.54, 1.807) is 0 Å². The number of rotatable bonds is 7. The summed E-state index contributed by atoms with van der Waals surface area (Å²) in [7, 11) is 1.36. The quantitative estimate of drug-likeness (QED) is 0.625. The minimum atomic E-state index is -0.262. The van der Waals surface area contributed by atoms with Crippen LogP contribution in [0.1, 0.15) is 24.1 Å². The van der Waals surface area contributed by atoms with Gasteiger partial charge in [0.15, 0.2) is 0 Å². The molecule has 23 heavy (non-hydrogen) atoms. The van der Waals surface area contributed by atoms with E-state index in [1.165, 1.54) is 24.0 Å². The van der Waals surface area contributed by atoms with Crippen molar-refractivity contribution in [3.8, 4) is 10.6 Å². The summed E-state index contributed by atoms with van der Waals surface area (Å²) < 4.78 is 4.55. The first-order valence-corrected chi connectivity index (χ1v) is 8.31. The zero-order valence-corrected chi connectivity index (χ0v) is 14.1. The van der Waals surface area contributed by atoms with Crippen LogP contribution >= 0.6 is 11.3 Å². The number of nitrogens with zero attached hydrogens (tertiary/aromatic N) is 1. The number of esters is 1. The highest BCUT2D eigenvalue weighted by molar-refractivity contribution is 7.13. The van der Waals surface area contributed by atoms with Gasteiger partial charge in [-0.25, -0.2) is 4.98 Å². The zero-order chi connectivity index (χ0) is 16.7. The number of carbonyl (C=O) groups excluding carboxylic acids is 2. The minimum Gasteiger partial charge on any atom is -0.469 e. The van der Waals surface area contributed by atoms with Gasteiger partial charge in [0.2, 0.25) is 5.91 Å². The number of aromatic nitrogens is 1. The first kappa shape index (κ1) is 17.1. The van der Waals surface area contributed by atoms with Crippen LogP contribution in [0.4, 0.5) is 0 Å². The van der Waals surface area contributed by atoms with E-state index in [9.17, 15) is 9.59 Å². The Bertz CT molecular complexity index is 682. The summed E-state index contributed by atoms with van der Waals surface area (Å²) in [6.07, 6.45) is 1.13. The van der Waals surface area contributed by atoms with Gasteiger partial charge in [-0.2, -0.15) is 0 Å². The molecule has 0 unspecified atom stereocenters. The van der Waals surface area contributed by atoms with Crippen molar-refractivity contribution in [3.05, 3.63) is 40.9 Å². The van der Waals surface area contributed by atoms with Gasteiger partial charge in [0.05, 0.1) is 19.2 Å². The Morgan fingerprint density at radius 3 is 2.91 bits per heavy atom. The lowest BCUT2D eigenvalue weighted by Gasteiger charge is -2.03. The molecule has 1 aromatic carbocycles. The number of thiazole rings is 1. The third-order valence-electron chi connectivity index (χ3n) is 3.27. The highest BCUT2D eigenvalue weighted by Gasteiger charge is 2.09. The first-order valence-electron chi connectivity index (χ1n) is 7.43. The van der Waals surface area contributed by atoms with Crippen LogP contribution in [-0.4, -0.2) is 30.5 Å². The third-order valence-corrected chi connectivity index (χ3v) is 4.21. The Hall–Kier alpha value is -2.21. The molecule has 2 aromatic rings. The molecule has 0 spiro atoms. The Morgan fingerprint density at radius 1 is 1.35 bits per heavy atom. The molecule has 5 nitrogen and oxygen atoms in total. The standard InChI is InChI=1S/C17H20N2O3S/c1-12-5-3-6-13(9-12)17-19-14(11-23-17)10-15(20)18-8-4-7-16(21)22-2/h3,5-6,9,11H,4,7-8,10H2,1-2H3,(H,18,20). The molecule has 1 amide bonds. The number of amides is 1. The van der Waals surface area contributed by atoms with Gasteiger partial charge in [0.1, 0.15) is 5.01 Å². The van der Waals surface area contributed by atoms with Gasteiger partial charge in [-0.1, -0.05) is 23.8 Å². The summed E-state index contributed by atoms with van der Waals surface area (Å²) in [5.41, 5.74) is 3.01. The van der Waals surface area contributed by atoms with Crippen LogP contribution < -0.4 is 5.32 Å². The minimum absolute atomic E-state index is 0.0871. The molecule has 1 N–H and O–H groups in total. The van der Waals surface area contributed by atoms with Crippen LogP contribution in [-0.2, 0) is 20.7 Å². The van der Waals surface area contributed by atoms with E-state index in [-0.39, 0.29) is 18.3 Å². The molecule has 2 rings (SSSR count). The van der Waals surface area contributed by atoms with Crippen LogP contribution in [0.15, 0.2) is 29.6 Å². The highest BCUT2D eigenvalue weighted by Crippen LogP contribution is 2.24. The van der Waals surface area contributed by atoms with Crippen LogP contribution in [0.2, 0.25) is 0 Å². The Balaban J connectivity index is 1.82. The molecule has 0 fully saturated rings. The number of carbonyl (C=O) groups is 2. The lowest BCUT2D eigenvalue weighted by atomic mass is 10.1. The summed E-state index contributed by atoms with van der Waals surface area (Å²) in [5, 5.41) is 5.61. The Morgan fingerprint density at radius 2 is 2.17 bits per heavy atom. The molecule has 0 aliphatic rings. The lowest BCUT2D eigenvalue weighted by molar-refractivity contribution is -0.140. The zero-order valence-electron chi connectivity index (χ0n) is 13.3. The molecule has 0 radical (unpaired) electrons. The number of benzene rings is 1. The van der Waals surface area contributed by atoms with Gasteiger partial charge in [0, 0.05) is 23.9 Å². The predicted octanol–water partition coefficient (Wildman–Crippen LogP) is 2.73. The molecule has 1 aromatic heterocycles. The van der Waals surface area contributed by atoms with E-state index in [4.69, 9.17) is 0 Å². The summed E-state index contributed by atoms with van der Waals surface area (Å²) in [4.78, 5) is 27.3. The molecule has 0 aliphatic carbocycles. The summed E-state index contributed by atoms with van der Waals surface area (Å²) >= 11 is 1.54. The fraction of sp³-hybridized carbons (Fsp3) is 0.353. The largest absolute Gasteiger partial charge is 0.469 e. The maximum atomic E-state index is 11.9. The van der Waals surface area contributed by atoms with Crippen molar-refractivity contribution in [1.82, 2.24) is 10.3 Å². The fourth-order valence-corrected chi connectivity index (χ4v) is 2.91. The second kappa shape index (κ2) is 8.43. The van der Waals surface area contributed by atoms with E-state index >= 15 is 0 Å². The molecule has 0 saturated heterocycles. The average molecular weight is 332 g/mol. The van der Waals surface area contributed by atoms with Crippen molar-refractivity contribution in [1.29, 1.82) is 0 Å². The van der Waals surface area contributed by atoms with E-state index in [0.29, 0.717) is 19.4 Å². The van der Waals surface area contributed by atoms with Gasteiger partial charge in [-0.3, -0.25) is 9.59 Å². The fourth-order valence-electron chi connectivity index (χ4n) is 2.09. The first-order chi connectivity index (χ1) is 11.1. The van der Waals surface area contributed by atoms with Gasteiger partial charge in [-0.15, -0.1) is 11.3 Å². The Labute approximate surface area is 139 Å². The molecule has 0 saturated carbocycles. The molecular weight excluding hydrogens is 312 g/mol. The molecule has 0 aliphatic heterocycles. The van der Waals surface area contributed by atoms with Gasteiger partial charge < -0.3 is 10.1 Å². The second-order valence-electron chi connectivity index (χ2n) is 5.22. The van der Waals surface area contributed by atoms with Crippen molar-refractivity contribution in [2.75, 3.05) is 13.7 Å². The van der Waals surface area contributed by atoms with E-state index in [0.717, 1.165) is 16.3 Å². The summed E-state index contributed by atoms with van der Waals surface area (Å²) in [6, 6.07) is 8.14. The smallest absolute Gasteiger partial charge is 0.305 e. The molecule has 0 bridgehead atoms. The molecular formula is C17H20N2O3S. The topological polar surface area (TPSA) is 68.3 Å². The van der Waals surface area contributed by atoms with E-state index < -0.39 is 0 Å². The average Bonchev–Trinajstić information content (AvgIpc) is 2.99. The van der Waals surface area contributed by atoms with Crippen molar-refractivity contribution in [2.45, 2.75) is 26.2 Å². The predicted molar refractivity (Wildman–Crippen MR) is 90.3 cm³/mol. The number of methoxy groups -OCH3 is 1. The molecule has 6 heteroatoms. The summed E-state index contributed by atoms with van der Waals surface area (Å²) in [6.45, 7) is 2.50. The van der Waals surface area contributed by atoms with E-state index in [2.05, 4.69) is 21.1 Å². The van der Waals surface area contributed by atoms with Crippen molar-refractivity contribution < 1.29 is 14.3 Å². The molecule has 1 heterocycles. The van der Waals surface area contributed by atoms with Crippen molar-refractivity contribution in [3.63, 3.8) is 0 Å². The van der Waals surface area contributed by atoms with Gasteiger partial charge in [0.25, 0.3) is 0 Å². The van der Waals surface area contributed by atoms with Crippen LogP contribution in [0.5, 0.6) is 0 Å². The van der Waals surface area contributed by atoms with E-state index in [1.807, 2.05) is 30.5 Å². The maximum Gasteiger partial charge on any atom is 0.305 e. The van der Waals surface area contributed by atoms with Gasteiger partial charge in [-0.05, 0) is 19.4 Å². The number of ether oxygens (including phenoxy) is 1. The molecule has 0 atom stereocenters. The van der Waals surface area contributed by atoms with Crippen molar-refractivity contribution in [2.24, 2.45) is 0 Å². The number of hydrogen-bond acceptors (Lipinski definition) is 5. The van der Waals surface area contributed by atoms with Crippen LogP contribution in [0.25, 0.3) is 10.6 Å². The highest BCUT2D eigenvalue weighted by atomic mass is 32.1. The second-order valence-corrected chi connectivity index (χ2v) is 6.08. The maximum absolute atomic E-state index is 11.9. The number of aryl methyl sites for hydroxylation is 1. The monoisotopic (exact) mass is 332 g/mol. The van der Waals surface area contributed by atoms with Crippen LogP contribution in [0.3, 0.4) is 0 Å². The SMILES string of the molecule is COC(=O)CCCNC(=O)Cc1csc(-c2cccc(C)c2)n1. The molecule has 122 valence electrons. The number of hydrogen-bond donors (Lipinski definition) is 1.